The second-order valence-corrected chi connectivity index (χ2v) is 7.36. The summed E-state index contributed by atoms with van der Waals surface area (Å²) < 4.78 is 0. The zero-order valence-corrected chi connectivity index (χ0v) is 16.6. The fraction of sp³-hybridized carbons (Fsp3) is 0.150. The van der Waals surface area contributed by atoms with Crippen molar-refractivity contribution < 1.29 is 4.79 Å². The largest absolute Gasteiger partial charge is 0.346 e. The smallest absolute Gasteiger partial charge is 0.282 e. The third-order valence-electron chi connectivity index (χ3n) is 4.16. The maximum atomic E-state index is 12.4. The Kier molecular flexibility index (Phi) is 5.30. The first kappa shape index (κ1) is 18.8. The Balaban J connectivity index is 1.43. The van der Waals surface area contributed by atoms with Crippen LogP contribution >= 0.6 is 11.3 Å². The van der Waals surface area contributed by atoms with Crippen molar-refractivity contribution in [3.63, 3.8) is 0 Å². The highest BCUT2D eigenvalue weighted by Crippen LogP contribution is 2.22. The van der Waals surface area contributed by atoms with Crippen LogP contribution in [-0.4, -0.2) is 36.0 Å². The Morgan fingerprint density at radius 1 is 1.03 bits per heavy atom. The number of nitrogens with one attached hydrogen (secondary N) is 1. The number of carbonyl (C=O) groups excluding carboxylic acids is 1. The summed E-state index contributed by atoms with van der Waals surface area (Å²) >= 11 is 1.18. The molecule has 4 aromatic heterocycles. The number of carbonyl (C=O) groups is 1. The lowest BCUT2D eigenvalue weighted by Gasteiger charge is -2.09. The van der Waals surface area contributed by atoms with Gasteiger partial charge in [-0.3, -0.25) is 24.7 Å². The first-order chi connectivity index (χ1) is 14.1. The number of aryl methyl sites for hydroxylation is 2. The van der Waals surface area contributed by atoms with E-state index in [1.54, 1.807) is 31.0 Å². The van der Waals surface area contributed by atoms with Gasteiger partial charge in [-0.25, -0.2) is 0 Å². The molecule has 144 valence electrons. The molecule has 0 bridgehead atoms. The average molecular weight is 403 g/mol. The molecule has 29 heavy (non-hydrogen) atoms. The first-order valence-electron chi connectivity index (χ1n) is 8.87. The maximum absolute atomic E-state index is 12.4. The molecule has 0 saturated heterocycles. The Morgan fingerprint density at radius 2 is 1.93 bits per heavy atom. The standard InChI is InChI=1S/C20H17N7OS/c1-12-7-14(9-24-17(12)15-3-4-22-13(2)8-15)10-25-18(28)20-27-26-19(29-20)16-11-21-5-6-23-16/h3-9,11H,10H2,1-2H3,(H,25,28). The monoisotopic (exact) mass is 403 g/mol. The lowest BCUT2D eigenvalue weighted by molar-refractivity contribution is 0.0949. The topological polar surface area (TPSA) is 106 Å². The van der Waals surface area contributed by atoms with Crippen molar-refractivity contribution in [2.75, 3.05) is 0 Å². The van der Waals surface area contributed by atoms with Gasteiger partial charge in [0.2, 0.25) is 5.01 Å². The lowest BCUT2D eigenvalue weighted by Crippen LogP contribution is -2.22. The van der Waals surface area contributed by atoms with E-state index in [0.717, 1.165) is 28.1 Å². The fourth-order valence-corrected chi connectivity index (χ4v) is 3.53. The van der Waals surface area contributed by atoms with Gasteiger partial charge < -0.3 is 5.32 Å². The molecule has 4 aromatic rings. The molecule has 0 radical (unpaired) electrons. The Hall–Kier alpha value is -3.59. The molecule has 0 spiro atoms. The van der Waals surface area contributed by atoms with E-state index >= 15 is 0 Å². The zero-order chi connectivity index (χ0) is 20.2. The van der Waals surface area contributed by atoms with E-state index in [4.69, 9.17) is 0 Å². The summed E-state index contributed by atoms with van der Waals surface area (Å²) in [5.41, 5.74) is 5.40. The first-order valence-corrected chi connectivity index (χ1v) is 9.68. The van der Waals surface area contributed by atoms with Crippen LogP contribution in [0.1, 0.15) is 26.6 Å². The van der Waals surface area contributed by atoms with Gasteiger partial charge in [-0.05, 0) is 37.1 Å². The van der Waals surface area contributed by atoms with Crippen molar-refractivity contribution in [2.45, 2.75) is 20.4 Å². The number of nitrogens with zero attached hydrogens (tertiary/aromatic N) is 6. The Bertz CT molecular complexity index is 1160. The number of aromatic nitrogens is 6. The van der Waals surface area contributed by atoms with Gasteiger partial charge in [0, 0.05) is 42.6 Å². The molecule has 8 nitrogen and oxygen atoms in total. The van der Waals surface area contributed by atoms with E-state index in [2.05, 4.69) is 35.5 Å². The molecular formula is C20H17N7OS. The molecule has 0 unspecified atom stereocenters. The van der Waals surface area contributed by atoms with Crippen LogP contribution in [0.15, 0.2) is 49.2 Å². The molecule has 4 heterocycles. The zero-order valence-electron chi connectivity index (χ0n) is 15.8. The molecule has 1 amide bonds. The van der Waals surface area contributed by atoms with Crippen LogP contribution < -0.4 is 5.32 Å². The van der Waals surface area contributed by atoms with Crippen LogP contribution in [0.4, 0.5) is 0 Å². The van der Waals surface area contributed by atoms with Gasteiger partial charge in [-0.15, -0.1) is 10.2 Å². The van der Waals surface area contributed by atoms with E-state index in [-0.39, 0.29) is 10.9 Å². The molecule has 0 aromatic carbocycles. The number of pyridine rings is 2. The van der Waals surface area contributed by atoms with Gasteiger partial charge in [0.1, 0.15) is 5.69 Å². The Morgan fingerprint density at radius 3 is 2.69 bits per heavy atom. The number of amides is 1. The van der Waals surface area contributed by atoms with Crippen molar-refractivity contribution in [2.24, 2.45) is 0 Å². The molecule has 0 atom stereocenters. The molecule has 0 saturated carbocycles. The molecule has 4 rings (SSSR count). The maximum Gasteiger partial charge on any atom is 0.282 e. The SMILES string of the molecule is Cc1cc(-c2ncc(CNC(=O)c3nnc(-c4cnccn4)s3)cc2C)ccn1. The summed E-state index contributed by atoms with van der Waals surface area (Å²) in [4.78, 5) is 29.4. The number of hydrogen-bond acceptors (Lipinski definition) is 8. The Labute approximate surface area is 171 Å². The van der Waals surface area contributed by atoms with Gasteiger partial charge >= 0.3 is 0 Å². The van der Waals surface area contributed by atoms with E-state index in [1.807, 2.05) is 32.0 Å². The summed E-state index contributed by atoms with van der Waals surface area (Å²) in [5.74, 6) is -0.288. The fourth-order valence-electron chi connectivity index (χ4n) is 2.81. The van der Waals surface area contributed by atoms with E-state index in [9.17, 15) is 4.79 Å². The van der Waals surface area contributed by atoms with Gasteiger partial charge in [-0.1, -0.05) is 17.4 Å². The minimum absolute atomic E-state index is 0.277. The van der Waals surface area contributed by atoms with E-state index in [1.165, 1.54) is 11.3 Å². The summed E-state index contributed by atoms with van der Waals surface area (Å²) in [5, 5.41) is 11.7. The third-order valence-corrected chi connectivity index (χ3v) is 5.10. The summed E-state index contributed by atoms with van der Waals surface area (Å²) in [6, 6.07) is 5.96. The van der Waals surface area contributed by atoms with Gasteiger partial charge in [-0.2, -0.15) is 0 Å². The summed E-state index contributed by atoms with van der Waals surface area (Å²) in [6.07, 6.45) is 8.28. The normalized spacial score (nSPS) is 10.7. The summed E-state index contributed by atoms with van der Waals surface area (Å²) in [7, 11) is 0. The van der Waals surface area contributed by atoms with Crippen molar-refractivity contribution in [3.8, 4) is 22.0 Å². The number of hydrogen-bond donors (Lipinski definition) is 1. The van der Waals surface area contributed by atoms with Crippen LogP contribution in [0.3, 0.4) is 0 Å². The minimum atomic E-state index is -0.288. The van der Waals surface area contributed by atoms with Crippen LogP contribution in [0.25, 0.3) is 22.0 Å². The molecule has 0 aliphatic heterocycles. The molecule has 0 aliphatic carbocycles. The molecule has 0 fully saturated rings. The molecule has 0 aliphatic rings. The van der Waals surface area contributed by atoms with Crippen LogP contribution in [-0.2, 0) is 6.54 Å². The average Bonchev–Trinajstić information content (AvgIpc) is 3.23. The van der Waals surface area contributed by atoms with Gasteiger partial charge in [0.05, 0.1) is 11.9 Å². The van der Waals surface area contributed by atoms with Crippen LogP contribution in [0.5, 0.6) is 0 Å². The van der Waals surface area contributed by atoms with Gasteiger partial charge in [0.25, 0.3) is 5.91 Å². The number of rotatable bonds is 5. The van der Waals surface area contributed by atoms with Crippen molar-refractivity contribution in [1.82, 2.24) is 35.5 Å². The predicted molar refractivity (Wildman–Crippen MR) is 109 cm³/mol. The van der Waals surface area contributed by atoms with Crippen molar-refractivity contribution in [1.29, 1.82) is 0 Å². The quantitative estimate of drug-likeness (QED) is 0.546. The second kappa shape index (κ2) is 8.19. The lowest BCUT2D eigenvalue weighted by atomic mass is 10.1. The van der Waals surface area contributed by atoms with Crippen molar-refractivity contribution in [3.05, 3.63) is 71.0 Å². The highest BCUT2D eigenvalue weighted by Gasteiger charge is 2.15. The third kappa shape index (κ3) is 4.30. The highest BCUT2D eigenvalue weighted by atomic mass is 32.1. The molecular weight excluding hydrogens is 386 g/mol. The summed E-state index contributed by atoms with van der Waals surface area (Å²) in [6.45, 7) is 4.30. The van der Waals surface area contributed by atoms with E-state index < -0.39 is 0 Å². The predicted octanol–water partition coefficient (Wildman–Crippen LogP) is 3.00. The molecule has 9 heteroatoms. The van der Waals surface area contributed by atoms with E-state index in [0.29, 0.717) is 17.2 Å². The van der Waals surface area contributed by atoms with Crippen molar-refractivity contribution >= 4 is 17.2 Å². The minimum Gasteiger partial charge on any atom is -0.346 e. The van der Waals surface area contributed by atoms with Crippen LogP contribution in [0.2, 0.25) is 0 Å². The van der Waals surface area contributed by atoms with Crippen LogP contribution in [0, 0.1) is 13.8 Å². The second-order valence-electron chi connectivity index (χ2n) is 6.38. The van der Waals surface area contributed by atoms with Gasteiger partial charge in [0.15, 0.2) is 5.01 Å². The highest BCUT2D eigenvalue weighted by molar-refractivity contribution is 7.16. The molecule has 1 N–H and O–H groups in total.